The standard InChI is InChI=1S/C20H19F5N6O2/c1-10(11-4-6-12(7-5-11)19(21,22)20(23,24)25)30(2)18(33)17(32)29-14-9-27-16(26)15-13(14)8-28-31(15)3/h4-10H,1-3H3,(H2,26,27)(H,29,32)/t10-/m1/s1. The lowest BCUT2D eigenvalue weighted by molar-refractivity contribution is -0.289. The Morgan fingerprint density at radius 3 is 2.30 bits per heavy atom. The molecule has 176 valence electrons. The SMILES string of the molecule is C[C@H](c1ccc(C(F)(F)C(F)(F)F)cc1)N(C)C(=O)C(=O)Nc1cnc(N)c2c1cnn2C. The lowest BCUT2D eigenvalue weighted by Gasteiger charge is -2.25. The molecule has 3 aromatic rings. The first-order valence-corrected chi connectivity index (χ1v) is 9.45. The molecule has 0 radical (unpaired) electrons. The zero-order valence-corrected chi connectivity index (χ0v) is 17.6. The monoisotopic (exact) mass is 470 g/mol. The fourth-order valence-electron chi connectivity index (χ4n) is 3.17. The van der Waals surface area contributed by atoms with E-state index in [4.69, 9.17) is 5.73 Å². The number of nitrogens with two attached hydrogens (primary N) is 1. The molecule has 0 aliphatic heterocycles. The number of carbonyl (C=O) groups is 2. The van der Waals surface area contributed by atoms with Gasteiger partial charge in [0.05, 0.1) is 24.1 Å². The number of nitrogen functional groups attached to an aromatic ring is 1. The number of carbonyl (C=O) groups excluding carboxylic acids is 2. The topological polar surface area (TPSA) is 106 Å². The predicted molar refractivity (Wildman–Crippen MR) is 109 cm³/mol. The summed E-state index contributed by atoms with van der Waals surface area (Å²) in [7, 11) is 2.92. The van der Waals surface area contributed by atoms with Gasteiger partial charge < -0.3 is 16.0 Å². The number of rotatable bonds is 4. The smallest absolute Gasteiger partial charge is 0.382 e. The van der Waals surface area contributed by atoms with Crippen LogP contribution in [-0.4, -0.2) is 44.7 Å². The second-order valence-electron chi connectivity index (χ2n) is 7.33. The normalized spacial score (nSPS) is 13.1. The van der Waals surface area contributed by atoms with Crippen LogP contribution in [0.25, 0.3) is 10.9 Å². The molecule has 1 aromatic carbocycles. The van der Waals surface area contributed by atoms with Gasteiger partial charge in [-0.3, -0.25) is 14.3 Å². The van der Waals surface area contributed by atoms with E-state index < -0.39 is 35.5 Å². The van der Waals surface area contributed by atoms with Crippen molar-refractivity contribution in [3.8, 4) is 0 Å². The summed E-state index contributed by atoms with van der Waals surface area (Å²) in [6.07, 6.45) is -3.02. The zero-order chi connectivity index (χ0) is 24.7. The highest BCUT2D eigenvalue weighted by Crippen LogP contribution is 2.44. The Balaban J connectivity index is 1.76. The van der Waals surface area contributed by atoms with E-state index in [2.05, 4.69) is 15.4 Å². The van der Waals surface area contributed by atoms with Crippen molar-refractivity contribution in [3.05, 3.63) is 47.8 Å². The highest BCUT2D eigenvalue weighted by molar-refractivity contribution is 6.40. The van der Waals surface area contributed by atoms with E-state index in [1.165, 1.54) is 31.0 Å². The van der Waals surface area contributed by atoms with E-state index in [-0.39, 0.29) is 17.1 Å². The number of fused-ring (bicyclic) bond motifs is 1. The van der Waals surface area contributed by atoms with Gasteiger partial charge in [0, 0.05) is 25.0 Å². The Morgan fingerprint density at radius 1 is 1.12 bits per heavy atom. The maximum Gasteiger partial charge on any atom is 0.458 e. The number of aryl methyl sites for hydroxylation is 1. The van der Waals surface area contributed by atoms with Crippen LogP contribution in [0, 0.1) is 0 Å². The van der Waals surface area contributed by atoms with E-state index >= 15 is 0 Å². The molecule has 0 bridgehead atoms. The number of alkyl halides is 5. The van der Waals surface area contributed by atoms with Crippen LogP contribution in [0.15, 0.2) is 36.7 Å². The summed E-state index contributed by atoms with van der Waals surface area (Å²) in [5, 5.41) is 6.93. The van der Waals surface area contributed by atoms with Crippen molar-refractivity contribution in [1.82, 2.24) is 19.7 Å². The lowest BCUT2D eigenvalue weighted by atomic mass is 10.0. The van der Waals surface area contributed by atoms with Gasteiger partial charge >= 0.3 is 23.9 Å². The third-order valence-electron chi connectivity index (χ3n) is 5.26. The largest absolute Gasteiger partial charge is 0.458 e. The first-order valence-electron chi connectivity index (χ1n) is 9.45. The summed E-state index contributed by atoms with van der Waals surface area (Å²) in [4.78, 5) is 30.1. The molecule has 1 atom stereocenters. The average Bonchev–Trinajstić information content (AvgIpc) is 3.16. The highest BCUT2D eigenvalue weighted by Gasteiger charge is 2.58. The summed E-state index contributed by atoms with van der Waals surface area (Å²) in [6, 6.07) is 2.56. The molecular weight excluding hydrogens is 451 g/mol. The van der Waals surface area contributed by atoms with Crippen LogP contribution in [-0.2, 0) is 22.6 Å². The van der Waals surface area contributed by atoms with Crippen molar-refractivity contribution in [2.45, 2.75) is 25.1 Å². The number of nitrogens with one attached hydrogen (secondary N) is 1. The summed E-state index contributed by atoms with van der Waals surface area (Å²) < 4.78 is 66.0. The number of nitrogens with zero attached hydrogens (tertiary/aromatic N) is 4. The van der Waals surface area contributed by atoms with Gasteiger partial charge in [-0.2, -0.15) is 27.1 Å². The molecular formula is C20H19F5N6O2. The van der Waals surface area contributed by atoms with Gasteiger partial charge in [-0.05, 0) is 12.5 Å². The molecule has 8 nitrogen and oxygen atoms in total. The molecule has 0 fully saturated rings. The second-order valence-corrected chi connectivity index (χ2v) is 7.33. The Kier molecular flexibility index (Phi) is 6.00. The number of benzene rings is 1. The van der Waals surface area contributed by atoms with E-state index in [0.717, 1.165) is 17.0 Å². The molecule has 2 heterocycles. The average molecular weight is 470 g/mol. The van der Waals surface area contributed by atoms with Gasteiger partial charge in [-0.1, -0.05) is 24.3 Å². The van der Waals surface area contributed by atoms with Crippen LogP contribution in [0.2, 0.25) is 0 Å². The third kappa shape index (κ3) is 4.30. The van der Waals surface area contributed by atoms with Crippen molar-refractivity contribution in [2.24, 2.45) is 7.05 Å². The molecule has 0 unspecified atom stereocenters. The second kappa shape index (κ2) is 8.30. The van der Waals surface area contributed by atoms with Crippen LogP contribution < -0.4 is 11.1 Å². The van der Waals surface area contributed by atoms with Crippen molar-refractivity contribution in [1.29, 1.82) is 0 Å². The number of halogens is 5. The van der Waals surface area contributed by atoms with Crippen molar-refractivity contribution >= 4 is 34.2 Å². The van der Waals surface area contributed by atoms with Crippen LogP contribution >= 0.6 is 0 Å². The molecule has 0 saturated carbocycles. The molecule has 0 spiro atoms. The summed E-state index contributed by atoms with van der Waals surface area (Å²) >= 11 is 0. The molecule has 3 N–H and O–H groups in total. The third-order valence-corrected chi connectivity index (χ3v) is 5.26. The number of amides is 2. The predicted octanol–water partition coefficient (Wildman–Crippen LogP) is 3.36. The maximum absolute atomic E-state index is 13.5. The molecule has 2 aromatic heterocycles. The first kappa shape index (κ1) is 23.9. The Morgan fingerprint density at radius 2 is 1.73 bits per heavy atom. The Hall–Kier alpha value is -3.77. The number of pyridine rings is 1. The van der Waals surface area contributed by atoms with Crippen LogP contribution in [0.5, 0.6) is 0 Å². The van der Waals surface area contributed by atoms with Crippen molar-refractivity contribution in [2.75, 3.05) is 18.1 Å². The molecule has 13 heteroatoms. The number of anilines is 2. The molecule has 33 heavy (non-hydrogen) atoms. The Labute approximate surface area is 184 Å². The number of likely N-dealkylation sites (N-methyl/N-ethyl adjacent to an activating group) is 1. The van der Waals surface area contributed by atoms with E-state index in [0.29, 0.717) is 23.0 Å². The molecule has 3 rings (SSSR count). The minimum Gasteiger partial charge on any atom is -0.382 e. The highest BCUT2D eigenvalue weighted by atomic mass is 19.4. The maximum atomic E-state index is 13.5. The minimum absolute atomic E-state index is 0.180. The number of aromatic nitrogens is 3. The lowest BCUT2D eigenvalue weighted by Crippen LogP contribution is -2.38. The zero-order valence-electron chi connectivity index (χ0n) is 17.6. The molecule has 0 saturated heterocycles. The van der Waals surface area contributed by atoms with Gasteiger partial charge in [-0.25, -0.2) is 4.98 Å². The van der Waals surface area contributed by atoms with Gasteiger partial charge in [0.15, 0.2) is 0 Å². The number of hydrogen-bond donors (Lipinski definition) is 2. The molecule has 0 aliphatic carbocycles. The summed E-state index contributed by atoms with van der Waals surface area (Å²) in [6.45, 7) is 1.49. The molecule has 0 aliphatic rings. The van der Waals surface area contributed by atoms with Crippen LogP contribution in [0.3, 0.4) is 0 Å². The van der Waals surface area contributed by atoms with Crippen molar-refractivity contribution < 1.29 is 31.5 Å². The first-order chi connectivity index (χ1) is 15.3. The fourth-order valence-corrected chi connectivity index (χ4v) is 3.17. The van der Waals surface area contributed by atoms with Gasteiger partial charge in [-0.15, -0.1) is 0 Å². The van der Waals surface area contributed by atoms with Gasteiger partial charge in [0.2, 0.25) is 0 Å². The van der Waals surface area contributed by atoms with E-state index in [9.17, 15) is 31.5 Å². The van der Waals surface area contributed by atoms with Crippen LogP contribution in [0.1, 0.15) is 24.1 Å². The fraction of sp³-hybridized carbons (Fsp3) is 0.300. The van der Waals surface area contributed by atoms with Gasteiger partial charge in [0.25, 0.3) is 0 Å². The summed E-state index contributed by atoms with van der Waals surface area (Å²) in [5.41, 5.74) is 5.49. The quantitative estimate of drug-likeness (QED) is 0.449. The summed E-state index contributed by atoms with van der Waals surface area (Å²) in [5.74, 6) is -6.82. The van der Waals surface area contributed by atoms with Gasteiger partial charge in [0.1, 0.15) is 11.3 Å². The van der Waals surface area contributed by atoms with Crippen molar-refractivity contribution in [3.63, 3.8) is 0 Å². The van der Waals surface area contributed by atoms with E-state index in [1.54, 1.807) is 7.05 Å². The van der Waals surface area contributed by atoms with Crippen LogP contribution in [0.4, 0.5) is 33.5 Å². The molecule has 2 amide bonds. The Bertz CT molecular complexity index is 1210. The minimum atomic E-state index is -5.73. The number of hydrogen-bond acceptors (Lipinski definition) is 5. The van der Waals surface area contributed by atoms with E-state index in [1.807, 2.05) is 0 Å².